The SMILES string of the molecule is CC(O)C(O)CC1CCCC(I)C1. The number of aliphatic hydroxyl groups excluding tert-OH is 2. The molecule has 1 rings (SSSR count). The number of aliphatic hydroxyl groups is 2. The van der Waals surface area contributed by atoms with E-state index in [9.17, 15) is 5.11 Å². The van der Waals surface area contributed by atoms with Crippen LogP contribution in [0.15, 0.2) is 0 Å². The van der Waals surface area contributed by atoms with Gasteiger partial charge in [-0.05, 0) is 32.1 Å². The molecule has 0 amide bonds. The molecule has 1 fully saturated rings. The Bertz CT molecular complexity index is 150. The van der Waals surface area contributed by atoms with Crippen molar-refractivity contribution in [2.75, 3.05) is 0 Å². The van der Waals surface area contributed by atoms with Gasteiger partial charge in [0, 0.05) is 3.92 Å². The fourth-order valence-corrected chi connectivity index (χ4v) is 3.14. The third kappa shape index (κ3) is 4.13. The van der Waals surface area contributed by atoms with Gasteiger partial charge in [-0.15, -0.1) is 0 Å². The average molecular weight is 298 g/mol. The molecule has 13 heavy (non-hydrogen) atoms. The zero-order valence-corrected chi connectivity index (χ0v) is 10.3. The first-order valence-electron chi connectivity index (χ1n) is 5.09. The van der Waals surface area contributed by atoms with Gasteiger partial charge in [0.2, 0.25) is 0 Å². The predicted molar refractivity (Wildman–Crippen MR) is 62.1 cm³/mol. The van der Waals surface area contributed by atoms with E-state index in [2.05, 4.69) is 22.6 Å². The van der Waals surface area contributed by atoms with Gasteiger partial charge in [0.25, 0.3) is 0 Å². The molecule has 0 aliphatic heterocycles. The minimum Gasteiger partial charge on any atom is -0.391 e. The fourth-order valence-electron chi connectivity index (χ4n) is 1.98. The normalized spacial score (nSPS) is 34.2. The standard InChI is InChI=1S/C10H19IO2/c1-7(12)10(13)6-8-3-2-4-9(11)5-8/h7-10,12-13H,2-6H2,1H3. The minimum absolute atomic E-state index is 0.522. The van der Waals surface area contributed by atoms with Crippen molar-refractivity contribution in [3.05, 3.63) is 0 Å². The van der Waals surface area contributed by atoms with Gasteiger partial charge in [-0.2, -0.15) is 0 Å². The van der Waals surface area contributed by atoms with E-state index in [4.69, 9.17) is 5.11 Å². The summed E-state index contributed by atoms with van der Waals surface area (Å²) in [6, 6.07) is 0. The van der Waals surface area contributed by atoms with Crippen molar-refractivity contribution in [3.63, 3.8) is 0 Å². The molecule has 0 bridgehead atoms. The van der Waals surface area contributed by atoms with E-state index in [-0.39, 0.29) is 0 Å². The molecule has 2 N–H and O–H groups in total. The topological polar surface area (TPSA) is 40.5 Å². The summed E-state index contributed by atoms with van der Waals surface area (Å²) in [7, 11) is 0. The molecule has 0 aromatic rings. The Kier molecular flexibility index (Phi) is 4.97. The Balaban J connectivity index is 2.27. The number of hydrogen-bond acceptors (Lipinski definition) is 2. The first-order valence-corrected chi connectivity index (χ1v) is 6.34. The van der Waals surface area contributed by atoms with Crippen molar-refractivity contribution in [3.8, 4) is 0 Å². The van der Waals surface area contributed by atoms with Gasteiger partial charge in [-0.3, -0.25) is 0 Å². The Labute approximate surface area is 93.9 Å². The van der Waals surface area contributed by atoms with Crippen LogP contribution in [0.4, 0.5) is 0 Å². The molecule has 0 heterocycles. The fraction of sp³-hybridized carbons (Fsp3) is 1.00. The van der Waals surface area contributed by atoms with E-state index < -0.39 is 12.2 Å². The molecular formula is C10H19IO2. The van der Waals surface area contributed by atoms with E-state index in [1.165, 1.54) is 25.7 Å². The summed E-state index contributed by atoms with van der Waals surface area (Å²) in [5, 5.41) is 18.7. The van der Waals surface area contributed by atoms with Crippen LogP contribution >= 0.6 is 22.6 Å². The van der Waals surface area contributed by atoms with Gasteiger partial charge in [0.15, 0.2) is 0 Å². The summed E-state index contributed by atoms with van der Waals surface area (Å²) in [4.78, 5) is 0. The van der Waals surface area contributed by atoms with Gasteiger partial charge < -0.3 is 10.2 Å². The molecule has 0 spiro atoms. The van der Waals surface area contributed by atoms with Gasteiger partial charge in [0.1, 0.15) is 0 Å². The zero-order chi connectivity index (χ0) is 9.84. The summed E-state index contributed by atoms with van der Waals surface area (Å²) in [6.45, 7) is 1.66. The molecule has 4 atom stereocenters. The van der Waals surface area contributed by atoms with Gasteiger partial charge >= 0.3 is 0 Å². The van der Waals surface area contributed by atoms with Crippen LogP contribution in [0.3, 0.4) is 0 Å². The number of rotatable bonds is 3. The summed E-state index contributed by atoms with van der Waals surface area (Å²) in [5.74, 6) is 0.625. The van der Waals surface area contributed by atoms with E-state index in [1.807, 2.05) is 0 Å². The molecule has 0 aromatic carbocycles. The second-order valence-corrected chi connectivity index (χ2v) is 5.94. The Morgan fingerprint density at radius 3 is 2.62 bits per heavy atom. The highest BCUT2D eigenvalue weighted by molar-refractivity contribution is 14.1. The van der Waals surface area contributed by atoms with Crippen molar-refractivity contribution < 1.29 is 10.2 Å². The van der Waals surface area contributed by atoms with Crippen LogP contribution in [-0.4, -0.2) is 26.3 Å². The third-order valence-electron chi connectivity index (χ3n) is 2.85. The lowest BCUT2D eigenvalue weighted by Crippen LogP contribution is -2.27. The second kappa shape index (κ2) is 5.51. The maximum atomic E-state index is 9.51. The molecule has 4 unspecified atom stereocenters. The monoisotopic (exact) mass is 298 g/mol. The Morgan fingerprint density at radius 1 is 1.38 bits per heavy atom. The van der Waals surface area contributed by atoms with E-state index in [0.717, 1.165) is 10.3 Å². The van der Waals surface area contributed by atoms with Gasteiger partial charge in [0.05, 0.1) is 12.2 Å². The highest BCUT2D eigenvalue weighted by atomic mass is 127. The van der Waals surface area contributed by atoms with Crippen LogP contribution in [0.1, 0.15) is 39.0 Å². The van der Waals surface area contributed by atoms with Crippen molar-refractivity contribution in [2.24, 2.45) is 5.92 Å². The van der Waals surface area contributed by atoms with E-state index >= 15 is 0 Å². The van der Waals surface area contributed by atoms with Crippen LogP contribution in [0.2, 0.25) is 0 Å². The third-order valence-corrected chi connectivity index (χ3v) is 3.98. The lowest BCUT2D eigenvalue weighted by molar-refractivity contribution is 0.0127. The molecule has 1 aliphatic carbocycles. The van der Waals surface area contributed by atoms with Gasteiger partial charge in [-0.25, -0.2) is 0 Å². The lowest BCUT2D eigenvalue weighted by Gasteiger charge is -2.28. The average Bonchev–Trinajstić information content (AvgIpc) is 2.04. The van der Waals surface area contributed by atoms with Crippen molar-refractivity contribution in [1.82, 2.24) is 0 Å². The Morgan fingerprint density at radius 2 is 2.08 bits per heavy atom. The zero-order valence-electron chi connectivity index (χ0n) is 8.12. The van der Waals surface area contributed by atoms with Crippen molar-refractivity contribution in [1.29, 1.82) is 0 Å². The molecular weight excluding hydrogens is 279 g/mol. The van der Waals surface area contributed by atoms with Crippen LogP contribution in [0, 0.1) is 5.92 Å². The maximum Gasteiger partial charge on any atom is 0.0799 e. The smallest absolute Gasteiger partial charge is 0.0799 e. The molecule has 1 saturated carbocycles. The quantitative estimate of drug-likeness (QED) is 0.619. The van der Waals surface area contributed by atoms with Crippen molar-refractivity contribution in [2.45, 2.75) is 55.2 Å². The Hall–Kier alpha value is 0.650. The summed E-state index contributed by atoms with van der Waals surface area (Å²) >= 11 is 2.49. The first kappa shape index (κ1) is 11.7. The van der Waals surface area contributed by atoms with Crippen LogP contribution in [-0.2, 0) is 0 Å². The largest absolute Gasteiger partial charge is 0.391 e. The summed E-state index contributed by atoms with van der Waals surface area (Å²) in [5.41, 5.74) is 0. The van der Waals surface area contributed by atoms with Gasteiger partial charge in [-0.1, -0.05) is 35.4 Å². The van der Waals surface area contributed by atoms with Crippen molar-refractivity contribution >= 4 is 22.6 Å². The molecule has 3 heteroatoms. The molecule has 1 aliphatic rings. The highest BCUT2D eigenvalue weighted by Gasteiger charge is 2.23. The van der Waals surface area contributed by atoms with Crippen LogP contribution in [0.5, 0.6) is 0 Å². The van der Waals surface area contributed by atoms with Crippen LogP contribution in [0.25, 0.3) is 0 Å². The molecule has 0 radical (unpaired) electrons. The van der Waals surface area contributed by atoms with Crippen LogP contribution < -0.4 is 0 Å². The predicted octanol–water partition coefficient (Wildman–Crippen LogP) is 2.11. The molecule has 0 saturated heterocycles. The number of halogens is 1. The highest BCUT2D eigenvalue weighted by Crippen LogP contribution is 2.32. The number of hydrogen-bond donors (Lipinski definition) is 2. The molecule has 0 aromatic heterocycles. The van der Waals surface area contributed by atoms with E-state index in [0.29, 0.717) is 5.92 Å². The van der Waals surface area contributed by atoms with E-state index in [1.54, 1.807) is 6.92 Å². The lowest BCUT2D eigenvalue weighted by atomic mass is 9.84. The minimum atomic E-state index is -0.574. The molecule has 78 valence electrons. The summed E-state index contributed by atoms with van der Waals surface area (Å²) in [6.07, 6.45) is 4.72. The summed E-state index contributed by atoms with van der Waals surface area (Å²) < 4.78 is 0.776. The second-order valence-electron chi connectivity index (χ2n) is 4.17. The maximum absolute atomic E-state index is 9.51. The number of alkyl halides is 1. The first-order chi connectivity index (χ1) is 6.09. The molecule has 2 nitrogen and oxygen atoms in total.